The van der Waals surface area contributed by atoms with E-state index in [1.54, 1.807) is 0 Å². The fourth-order valence-corrected chi connectivity index (χ4v) is 1.49. The minimum Gasteiger partial charge on any atom is -0.388 e. The zero-order valence-electron chi connectivity index (χ0n) is 6.55. The van der Waals surface area contributed by atoms with Crippen LogP contribution in [0.15, 0.2) is 0 Å². The largest absolute Gasteiger partial charge is 0.388 e. The maximum atomic E-state index is 9.41. The first-order chi connectivity index (χ1) is 5.79. The molecule has 0 aromatic carbocycles. The number of aliphatic hydroxyl groups excluding tert-OH is 2. The van der Waals surface area contributed by atoms with Gasteiger partial charge in [0.05, 0.1) is 13.2 Å². The van der Waals surface area contributed by atoms with Crippen LogP contribution in [-0.2, 0) is 14.2 Å². The number of ether oxygens (including phenoxy) is 3. The van der Waals surface area contributed by atoms with Crippen molar-refractivity contribution in [1.29, 1.82) is 0 Å². The molecule has 2 aliphatic heterocycles. The lowest BCUT2D eigenvalue weighted by molar-refractivity contribution is -0.0593. The second-order valence-corrected chi connectivity index (χ2v) is 3.05. The molecule has 0 saturated carbocycles. The molecule has 5 heteroatoms. The Balaban J connectivity index is 1.95. The summed E-state index contributed by atoms with van der Waals surface area (Å²) in [6.45, 7) is 0.841. The Morgan fingerprint density at radius 1 is 1.08 bits per heavy atom. The van der Waals surface area contributed by atoms with Crippen molar-refractivity contribution in [3.8, 4) is 0 Å². The molecular weight excluding hydrogens is 164 g/mol. The maximum Gasteiger partial charge on any atom is 0.147 e. The molecule has 0 aromatic heterocycles. The summed E-state index contributed by atoms with van der Waals surface area (Å²) in [5.41, 5.74) is 0. The third kappa shape index (κ3) is 1.34. The zero-order chi connectivity index (χ0) is 8.55. The lowest BCUT2D eigenvalue weighted by Gasteiger charge is -2.19. The molecule has 70 valence electrons. The molecule has 12 heavy (non-hydrogen) atoms. The highest BCUT2D eigenvalue weighted by molar-refractivity contribution is 4.89. The van der Waals surface area contributed by atoms with E-state index in [1.165, 1.54) is 0 Å². The average Bonchev–Trinajstić information content (AvgIpc) is 2.64. The van der Waals surface area contributed by atoms with Gasteiger partial charge in [0.1, 0.15) is 31.2 Å². The Labute approximate surface area is 69.8 Å². The van der Waals surface area contributed by atoms with Crippen molar-refractivity contribution < 1.29 is 24.4 Å². The first-order valence-electron chi connectivity index (χ1n) is 3.96. The summed E-state index contributed by atoms with van der Waals surface area (Å²) < 4.78 is 15.3. The minimum atomic E-state index is -0.850. The number of hydrogen-bond acceptors (Lipinski definition) is 5. The Morgan fingerprint density at radius 3 is 2.42 bits per heavy atom. The second kappa shape index (κ2) is 3.27. The molecule has 4 atom stereocenters. The van der Waals surface area contributed by atoms with Gasteiger partial charge in [0.15, 0.2) is 0 Å². The summed E-state index contributed by atoms with van der Waals surface area (Å²) in [7, 11) is 0. The molecule has 0 amide bonds. The highest BCUT2D eigenvalue weighted by Crippen LogP contribution is 2.21. The fraction of sp³-hybridized carbons (Fsp3) is 1.00. The van der Waals surface area contributed by atoms with Crippen LogP contribution < -0.4 is 0 Å². The van der Waals surface area contributed by atoms with Crippen LogP contribution in [0.3, 0.4) is 0 Å². The summed E-state index contributed by atoms with van der Waals surface area (Å²) in [4.78, 5) is 0. The normalized spacial score (nSPS) is 48.5. The number of rotatable bonds is 1. The summed E-state index contributed by atoms with van der Waals surface area (Å²) in [6.07, 6.45) is -2.32. The van der Waals surface area contributed by atoms with Crippen molar-refractivity contribution in [2.45, 2.75) is 24.4 Å². The molecule has 2 fully saturated rings. The molecule has 2 heterocycles. The van der Waals surface area contributed by atoms with Crippen LogP contribution in [0, 0.1) is 0 Å². The fourth-order valence-electron chi connectivity index (χ4n) is 1.49. The van der Waals surface area contributed by atoms with Crippen LogP contribution in [0.25, 0.3) is 0 Å². The van der Waals surface area contributed by atoms with Crippen LogP contribution >= 0.6 is 0 Å². The lowest BCUT2D eigenvalue weighted by atomic mass is 10.1. The van der Waals surface area contributed by atoms with Crippen molar-refractivity contribution in [2.75, 3.05) is 20.0 Å². The van der Waals surface area contributed by atoms with Crippen LogP contribution in [0.5, 0.6) is 0 Å². The van der Waals surface area contributed by atoms with E-state index in [4.69, 9.17) is 19.3 Å². The lowest BCUT2D eigenvalue weighted by Crippen LogP contribution is -2.39. The predicted molar refractivity (Wildman–Crippen MR) is 37.4 cm³/mol. The third-order valence-electron chi connectivity index (χ3n) is 2.20. The summed E-state index contributed by atoms with van der Waals surface area (Å²) in [5, 5.41) is 18.6. The summed E-state index contributed by atoms with van der Waals surface area (Å²) in [5.74, 6) is 0. The Morgan fingerprint density at radius 2 is 1.92 bits per heavy atom. The van der Waals surface area contributed by atoms with Gasteiger partial charge in [0, 0.05) is 0 Å². The number of hydrogen-bond donors (Lipinski definition) is 2. The monoisotopic (exact) mass is 176 g/mol. The molecule has 0 spiro atoms. The van der Waals surface area contributed by atoms with E-state index in [-0.39, 0.29) is 19.5 Å². The van der Waals surface area contributed by atoms with Gasteiger partial charge in [-0.15, -0.1) is 0 Å². The molecular formula is C7H12O5. The molecule has 5 nitrogen and oxygen atoms in total. The van der Waals surface area contributed by atoms with Gasteiger partial charge < -0.3 is 24.4 Å². The van der Waals surface area contributed by atoms with Gasteiger partial charge in [0.2, 0.25) is 0 Å². The molecule has 0 bridgehead atoms. The highest BCUT2D eigenvalue weighted by atomic mass is 16.7. The molecule has 2 saturated heterocycles. The van der Waals surface area contributed by atoms with E-state index >= 15 is 0 Å². The van der Waals surface area contributed by atoms with Gasteiger partial charge in [-0.3, -0.25) is 0 Å². The van der Waals surface area contributed by atoms with Crippen molar-refractivity contribution in [3.63, 3.8) is 0 Å². The molecule has 1 unspecified atom stereocenters. The molecule has 2 aliphatic rings. The Kier molecular flexibility index (Phi) is 2.29. The SMILES string of the molecule is OC1[C@@H](O)CO[C@@H]1[C@H]1COCO1. The van der Waals surface area contributed by atoms with E-state index in [0.717, 1.165) is 0 Å². The molecule has 2 rings (SSSR count). The quantitative estimate of drug-likeness (QED) is 0.508. The van der Waals surface area contributed by atoms with Crippen LogP contribution in [0.4, 0.5) is 0 Å². The molecule has 0 aromatic rings. The average molecular weight is 176 g/mol. The van der Waals surface area contributed by atoms with Crippen molar-refractivity contribution in [1.82, 2.24) is 0 Å². The van der Waals surface area contributed by atoms with E-state index in [9.17, 15) is 5.11 Å². The second-order valence-electron chi connectivity index (χ2n) is 3.05. The van der Waals surface area contributed by atoms with Crippen molar-refractivity contribution >= 4 is 0 Å². The van der Waals surface area contributed by atoms with Crippen LogP contribution in [-0.4, -0.2) is 54.6 Å². The third-order valence-corrected chi connectivity index (χ3v) is 2.20. The van der Waals surface area contributed by atoms with E-state index in [2.05, 4.69) is 0 Å². The van der Waals surface area contributed by atoms with Gasteiger partial charge in [-0.2, -0.15) is 0 Å². The summed E-state index contributed by atoms with van der Waals surface area (Å²) in [6, 6.07) is 0. The van der Waals surface area contributed by atoms with Gasteiger partial charge in [-0.05, 0) is 0 Å². The Bertz CT molecular complexity index is 156. The highest BCUT2D eigenvalue weighted by Gasteiger charge is 2.41. The molecule has 0 aliphatic carbocycles. The van der Waals surface area contributed by atoms with Crippen LogP contribution in [0.1, 0.15) is 0 Å². The van der Waals surface area contributed by atoms with E-state index in [1.807, 2.05) is 0 Å². The molecule has 2 N–H and O–H groups in total. The van der Waals surface area contributed by atoms with Gasteiger partial charge in [0.25, 0.3) is 0 Å². The molecule has 0 radical (unpaired) electrons. The van der Waals surface area contributed by atoms with Crippen LogP contribution in [0.2, 0.25) is 0 Å². The van der Waals surface area contributed by atoms with Gasteiger partial charge in [-0.1, -0.05) is 0 Å². The Hall–Kier alpha value is -0.200. The standard InChI is InChI=1S/C7H12O5/c8-4-1-11-7(6(4)9)5-2-10-3-12-5/h4-9H,1-3H2/t4-,5+,6?,7+/m0/s1. The smallest absolute Gasteiger partial charge is 0.147 e. The minimum absolute atomic E-state index is 0.172. The maximum absolute atomic E-state index is 9.41. The topological polar surface area (TPSA) is 68.2 Å². The summed E-state index contributed by atoms with van der Waals surface area (Å²) >= 11 is 0. The number of aliphatic hydroxyl groups is 2. The van der Waals surface area contributed by atoms with E-state index < -0.39 is 18.3 Å². The van der Waals surface area contributed by atoms with Crippen molar-refractivity contribution in [2.24, 2.45) is 0 Å². The first-order valence-corrected chi connectivity index (χ1v) is 3.96. The predicted octanol–water partition coefficient (Wildman–Crippen LogP) is -1.52. The van der Waals surface area contributed by atoms with E-state index in [0.29, 0.717) is 6.61 Å². The zero-order valence-corrected chi connectivity index (χ0v) is 6.55. The first kappa shape index (κ1) is 8.40. The van der Waals surface area contributed by atoms with Gasteiger partial charge >= 0.3 is 0 Å². The van der Waals surface area contributed by atoms with Gasteiger partial charge in [-0.25, -0.2) is 0 Å². The van der Waals surface area contributed by atoms with Crippen molar-refractivity contribution in [3.05, 3.63) is 0 Å².